The summed E-state index contributed by atoms with van der Waals surface area (Å²) >= 11 is 0. The standard InChI is InChI=1S/C20H26NO6/c1-20(2,3)27-19(23)21-14(11-13-7-5-4-6-8-13)18(22)26-16-12-25-15-9-10-24-17(15)16/h4-9,14-17H,10-12H2,1-3H3,(H,21,23)/t14-,15+,16+,17+/m0/s1. The molecule has 1 N–H and O–H groups in total. The fraction of sp³-hybridized carbons (Fsp3) is 0.550. The summed E-state index contributed by atoms with van der Waals surface area (Å²) in [7, 11) is 0. The summed E-state index contributed by atoms with van der Waals surface area (Å²) in [5, 5.41) is 2.63. The number of hydrogen-bond donors (Lipinski definition) is 1. The van der Waals surface area contributed by atoms with Gasteiger partial charge in [-0.15, -0.1) is 0 Å². The summed E-state index contributed by atoms with van der Waals surface area (Å²) < 4.78 is 22.0. The number of amides is 1. The van der Waals surface area contributed by atoms with Crippen molar-refractivity contribution in [3.63, 3.8) is 0 Å². The largest absolute Gasteiger partial charge is 0.455 e. The van der Waals surface area contributed by atoms with Crippen LogP contribution in [0.4, 0.5) is 4.79 Å². The van der Waals surface area contributed by atoms with Crippen molar-refractivity contribution in [1.82, 2.24) is 5.32 Å². The number of esters is 1. The van der Waals surface area contributed by atoms with Crippen molar-refractivity contribution < 1.29 is 28.5 Å². The van der Waals surface area contributed by atoms with Gasteiger partial charge in [-0.25, -0.2) is 9.59 Å². The van der Waals surface area contributed by atoms with Crippen molar-refractivity contribution in [3.8, 4) is 0 Å². The summed E-state index contributed by atoms with van der Waals surface area (Å²) in [5.74, 6) is -0.533. The van der Waals surface area contributed by atoms with Crippen LogP contribution in [0.2, 0.25) is 0 Å². The zero-order valence-electron chi connectivity index (χ0n) is 15.8. The highest BCUT2D eigenvalue weighted by Gasteiger charge is 2.45. The van der Waals surface area contributed by atoms with E-state index in [-0.39, 0.29) is 18.8 Å². The fourth-order valence-electron chi connectivity index (χ4n) is 3.10. The average Bonchev–Trinajstić information content (AvgIpc) is 3.18. The van der Waals surface area contributed by atoms with Crippen molar-refractivity contribution >= 4 is 12.1 Å². The predicted molar refractivity (Wildman–Crippen MR) is 97.0 cm³/mol. The second kappa shape index (κ2) is 8.27. The minimum absolute atomic E-state index is 0.144. The van der Waals surface area contributed by atoms with Crippen LogP contribution in [-0.4, -0.2) is 55.2 Å². The molecule has 1 amide bonds. The lowest BCUT2D eigenvalue weighted by molar-refractivity contribution is -0.156. The Hall–Kier alpha value is -2.12. The van der Waals surface area contributed by atoms with Gasteiger partial charge < -0.3 is 24.3 Å². The Kier molecular flexibility index (Phi) is 6.01. The van der Waals surface area contributed by atoms with Gasteiger partial charge in [0.05, 0.1) is 19.3 Å². The summed E-state index contributed by atoms with van der Waals surface area (Å²) in [6.07, 6.45) is 0.639. The molecule has 2 aliphatic heterocycles. The van der Waals surface area contributed by atoms with E-state index in [0.29, 0.717) is 13.0 Å². The molecule has 4 atom stereocenters. The van der Waals surface area contributed by atoms with E-state index in [1.54, 1.807) is 20.8 Å². The summed E-state index contributed by atoms with van der Waals surface area (Å²) in [5.41, 5.74) is 0.243. The topological polar surface area (TPSA) is 83.1 Å². The zero-order chi connectivity index (χ0) is 19.4. The highest BCUT2D eigenvalue weighted by Crippen LogP contribution is 2.28. The molecule has 7 nitrogen and oxygen atoms in total. The van der Waals surface area contributed by atoms with E-state index in [1.807, 2.05) is 36.8 Å². The Morgan fingerprint density at radius 3 is 2.67 bits per heavy atom. The van der Waals surface area contributed by atoms with E-state index in [2.05, 4.69) is 5.32 Å². The molecule has 3 rings (SSSR count). The van der Waals surface area contributed by atoms with Gasteiger partial charge in [0.25, 0.3) is 0 Å². The second-order valence-corrected chi connectivity index (χ2v) is 7.70. The molecule has 0 saturated carbocycles. The van der Waals surface area contributed by atoms with E-state index in [1.165, 1.54) is 0 Å². The van der Waals surface area contributed by atoms with Gasteiger partial charge in [0.2, 0.25) is 0 Å². The number of fused-ring (bicyclic) bond motifs is 1. The molecule has 0 spiro atoms. The van der Waals surface area contributed by atoms with Crippen LogP contribution in [0, 0.1) is 6.42 Å². The smallest absolute Gasteiger partial charge is 0.408 e. The molecular formula is C20H26NO6. The van der Waals surface area contributed by atoms with Crippen LogP contribution < -0.4 is 5.32 Å². The Labute approximate surface area is 159 Å². The molecule has 0 bridgehead atoms. The first-order chi connectivity index (χ1) is 12.8. The first-order valence-electron chi connectivity index (χ1n) is 9.12. The quantitative estimate of drug-likeness (QED) is 0.792. The third kappa shape index (κ3) is 5.43. The SMILES string of the molecule is CC(C)(C)OC(=O)N[C@@H](Cc1ccccc1)C(=O)O[C@@H]1CO[C@@H]2[CH]CO[C@H]21. The Balaban J connectivity index is 1.66. The maximum Gasteiger partial charge on any atom is 0.408 e. The molecule has 1 radical (unpaired) electrons. The molecule has 0 aliphatic carbocycles. The van der Waals surface area contributed by atoms with Gasteiger partial charge in [-0.3, -0.25) is 0 Å². The van der Waals surface area contributed by atoms with Crippen molar-refractivity contribution in [2.24, 2.45) is 0 Å². The molecule has 27 heavy (non-hydrogen) atoms. The van der Waals surface area contributed by atoms with Gasteiger partial charge in [-0.1, -0.05) is 30.3 Å². The maximum atomic E-state index is 12.8. The minimum Gasteiger partial charge on any atom is -0.455 e. The third-order valence-electron chi connectivity index (χ3n) is 4.29. The van der Waals surface area contributed by atoms with Crippen LogP contribution in [0.3, 0.4) is 0 Å². The fourth-order valence-corrected chi connectivity index (χ4v) is 3.10. The molecule has 0 unspecified atom stereocenters. The van der Waals surface area contributed by atoms with Crippen LogP contribution in [0.25, 0.3) is 0 Å². The lowest BCUT2D eigenvalue weighted by Gasteiger charge is -2.24. The molecule has 2 aliphatic rings. The average molecular weight is 376 g/mol. The molecule has 7 heteroatoms. The van der Waals surface area contributed by atoms with Crippen LogP contribution in [0.15, 0.2) is 30.3 Å². The third-order valence-corrected chi connectivity index (χ3v) is 4.29. The van der Waals surface area contributed by atoms with Crippen LogP contribution in [0.1, 0.15) is 26.3 Å². The number of rotatable bonds is 5. The van der Waals surface area contributed by atoms with E-state index in [4.69, 9.17) is 18.9 Å². The first kappa shape index (κ1) is 19.6. The summed E-state index contributed by atoms with van der Waals surface area (Å²) in [4.78, 5) is 25.0. The van der Waals surface area contributed by atoms with Crippen LogP contribution >= 0.6 is 0 Å². The molecule has 2 heterocycles. The predicted octanol–water partition coefficient (Wildman–Crippen LogP) is 2.04. The monoisotopic (exact) mass is 376 g/mol. The minimum atomic E-state index is -0.869. The Bertz CT molecular complexity index is 656. The highest BCUT2D eigenvalue weighted by molar-refractivity contribution is 5.82. The molecular weight excluding hydrogens is 350 g/mol. The van der Waals surface area contributed by atoms with Gasteiger partial charge >= 0.3 is 12.1 Å². The van der Waals surface area contributed by atoms with Gasteiger partial charge in [0, 0.05) is 12.8 Å². The Morgan fingerprint density at radius 2 is 1.96 bits per heavy atom. The molecule has 2 saturated heterocycles. The van der Waals surface area contributed by atoms with Crippen molar-refractivity contribution in [3.05, 3.63) is 42.3 Å². The van der Waals surface area contributed by atoms with E-state index >= 15 is 0 Å². The van der Waals surface area contributed by atoms with E-state index in [9.17, 15) is 9.59 Å². The van der Waals surface area contributed by atoms with Crippen molar-refractivity contribution in [2.75, 3.05) is 13.2 Å². The zero-order valence-corrected chi connectivity index (χ0v) is 15.8. The number of alkyl carbamates (subject to hydrolysis) is 1. The number of carbonyl (C=O) groups is 2. The summed E-state index contributed by atoms with van der Waals surface area (Å²) in [6, 6.07) is 8.56. The number of benzene rings is 1. The molecule has 1 aromatic carbocycles. The van der Waals surface area contributed by atoms with Gasteiger partial charge in [0.15, 0.2) is 6.10 Å². The van der Waals surface area contributed by atoms with Crippen molar-refractivity contribution in [1.29, 1.82) is 0 Å². The normalized spacial score (nSPS) is 25.5. The first-order valence-corrected chi connectivity index (χ1v) is 9.12. The number of nitrogens with one attached hydrogen (secondary N) is 1. The molecule has 2 fully saturated rings. The van der Waals surface area contributed by atoms with E-state index < -0.39 is 29.8 Å². The number of carbonyl (C=O) groups excluding carboxylic acids is 2. The lowest BCUT2D eigenvalue weighted by atomic mass is 10.1. The Morgan fingerprint density at radius 1 is 1.22 bits per heavy atom. The van der Waals surface area contributed by atoms with Crippen LogP contribution in [-0.2, 0) is 30.2 Å². The van der Waals surface area contributed by atoms with Crippen LogP contribution in [0.5, 0.6) is 0 Å². The molecule has 0 aromatic heterocycles. The lowest BCUT2D eigenvalue weighted by Crippen LogP contribution is -2.47. The van der Waals surface area contributed by atoms with Gasteiger partial charge in [-0.2, -0.15) is 0 Å². The number of hydrogen-bond acceptors (Lipinski definition) is 6. The molecule has 147 valence electrons. The van der Waals surface area contributed by atoms with E-state index in [0.717, 1.165) is 5.56 Å². The second-order valence-electron chi connectivity index (χ2n) is 7.70. The maximum absolute atomic E-state index is 12.8. The highest BCUT2D eigenvalue weighted by atomic mass is 16.6. The van der Waals surface area contributed by atoms with Crippen molar-refractivity contribution in [2.45, 2.75) is 57.1 Å². The van der Waals surface area contributed by atoms with Gasteiger partial charge in [-0.05, 0) is 26.3 Å². The molecule has 1 aromatic rings. The number of ether oxygens (including phenoxy) is 4. The van der Waals surface area contributed by atoms with Gasteiger partial charge in [0.1, 0.15) is 17.7 Å². The summed E-state index contributed by atoms with van der Waals surface area (Å²) in [6.45, 7) is 6.05.